The van der Waals surface area contributed by atoms with Crippen molar-refractivity contribution in [2.24, 2.45) is 0 Å². The van der Waals surface area contributed by atoms with Gasteiger partial charge in [-0.05, 0) is 12.8 Å². The molecular formula is C12H18F3N3. The number of hydrogen-bond acceptors (Lipinski definition) is 3. The summed E-state index contributed by atoms with van der Waals surface area (Å²) in [6.45, 7) is 4.68. The van der Waals surface area contributed by atoms with E-state index in [1.54, 1.807) is 6.07 Å². The molecule has 0 spiro atoms. The molecule has 1 aromatic rings. The van der Waals surface area contributed by atoms with Gasteiger partial charge in [-0.25, -0.2) is 9.97 Å². The van der Waals surface area contributed by atoms with Crippen molar-refractivity contribution in [2.45, 2.75) is 45.7 Å². The molecule has 0 atom stereocenters. The Balaban J connectivity index is 2.76. The lowest BCUT2D eigenvalue weighted by Gasteiger charge is -2.09. The molecular weight excluding hydrogens is 243 g/mol. The molecule has 1 aromatic heterocycles. The SMILES string of the molecule is CCCNc1cc(CC)nc(CCC(F)(F)F)n1. The molecule has 0 saturated carbocycles. The van der Waals surface area contributed by atoms with Gasteiger partial charge in [0.05, 0.1) is 6.42 Å². The molecule has 0 aromatic carbocycles. The minimum atomic E-state index is -4.16. The number of halogens is 3. The highest BCUT2D eigenvalue weighted by molar-refractivity contribution is 5.36. The zero-order chi connectivity index (χ0) is 13.6. The summed E-state index contributed by atoms with van der Waals surface area (Å²) in [6.07, 6.45) is -3.60. The number of alkyl halides is 3. The van der Waals surface area contributed by atoms with Gasteiger partial charge in [-0.15, -0.1) is 0 Å². The van der Waals surface area contributed by atoms with E-state index in [1.165, 1.54) is 0 Å². The molecule has 0 aliphatic heterocycles. The van der Waals surface area contributed by atoms with Crippen molar-refractivity contribution in [1.82, 2.24) is 9.97 Å². The Kier molecular flexibility index (Phi) is 5.37. The van der Waals surface area contributed by atoms with Gasteiger partial charge in [-0.2, -0.15) is 13.2 Å². The Morgan fingerprint density at radius 1 is 1.22 bits per heavy atom. The van der Waals surface area contributed by atoms with E-state index in [-0.39, 0.29) is 12.2 Å². The van der Waals surface area contributed by atoms with Crippen LogP contribution in [0.15, 0.2) is 6.07 Å². The smallest absolute Gasteiger partial charge is 0.370 e. The van der Waals surface area contributed by atoms with Crippen LogP contribution in [0.4, 0.5) is 19.0 Å². The summed E-state index contributed by atoms with van der Waals surface area (Å²) in [5, 5.41) is 3.07. The predicted molar refractivity (Wildman–Crippen MR) is 64.6 cm³/mol. The Morgan fingerprint density at radius 2 is 1.94 bits per heavy atom. The largest absolute Gasteiger partial charge is 0.389 e. The van der Waals surface area contributed by atoms with Crippen molar-refractivity contribution in [2.75, 3.05) is 11.9 Å². The molecule has 0 fully saturated rings. The van der Waals surface area contributed by atoms with Crippen molar-refractivity contribution < 1.29 is 13.2 Å². The first kappa shape index (κ1) is 14.7. The van der Waals surface area contributed by atoms with E-state index in [0.29, 0.717) is 12.2 Å². The Morgan fingerprint density at radius 3 is 2.50 bits per heavy atom. The second kappa shape index (κ2) is 6.56. The number of hydrogen-bond donors (Lipinski definition) is 1. The highest BCUT2D eigenvalue weighted by Crippen LogP contribution is 2.21. The molecule has 0 unspecified atom stereocenters. The van der Waals surface area contributed by atoms with E-state index >= 15 is 0 Å². The number of nitrogens with zero attached hydrogens (tertiary/aromatic N) is 2. The Bertz CT molecular complexity index is 377. The van der Waals surface area contributed by atoms with Gasteiger partial charge in [0.25, 0.3) is 0 Å². The molecule has 3 nitrogen and oxygen atoms in total. The molecule has 18 heavy (non-hydrogen) atoms. The predicted octanol–water partition coefficient (Wildman–Crippen LogP) is 3.36. The monoisotopic (exact) mass is 261 g/mol. The first-order chi connectivity index (χ1) is 8.44. The fraction of sp³-hybridized carbons (Fsp3) is 0.667. The summed E-state index contributed by atoms with van der Waals surface area (Å²) in [4.78, 5) is 8.21. The second-order valence-electron chi connectivity index (χ2n) is 4.06. The highest BCUT2D eigenvalue weighted by atomic mass is 19.4. The minimum Gasteiger partial charge on any atom is -0.370 e. The fourth-order valence-electron chi connectivity index (χ4n) is 1.44. The van der Waals surface area contributed by atoms with Crippen LogP contribution in [0, 0.1) is 0 Å². The van der Waals surface area contributed by atoms with Gasteiger partial charge in [0.1, 0.15) is 11.6 Å². The summed E-state index contributed by atoms with van der Waals surface area (Å²) in [5.74, 6) is 0.867. The lowest BCUT2D eigenvalue weighted by Crippen LogP contribution is -2.12. The number of nitrogens with one attached hydrogen (secondary N) is 1. The molecule has 0 aliphatic carbocycles. The Hall–Kier alpha value is -1.33. The summed E-state index contributed by atoms with van der Waals surface area (Å²) in [6, 6.07) is 1.78. The topological polar surface area (TPSA) is 37.8 Å². The van der Waals surface area contributed by atoms with E-state index in [1.807, 2.05) is 13.8 Å². The normalized spacial score (nSPS) is 11.6. The number of anilines is 1. The average molecular weight is 261 g/mol. The van der Waals surface area contributed by atoms with Crippen molar-refractivity contribution >= 4 is 5.82 Å². The molecule has 1 N–H and O–H groups in total. The maximum absolute atomic E-state index is 12.2. The van der Waals surface area contributed by atoms with E-state index in [0.717, 1.165) is 18.7 Å². The summed E-state index contributed by atoms with van der Waals surface area (Å²) >= 11 is 0. The first-order valence-corrected chi connectivity index (χ1v) is 6.12. The maximum Gasteiger partial charge on any atom is 0.389 e. The molecule has 0 saturated heterocycles. The third-order valence-electron chi connectivity index (χ3n) is 2.38. The Labute approximate surface area is 105 Å². The van der Waals surface area contributed by atoms with Gasteiger partial charge < -0.3 is 5.32 Å². The molecule has 1 heterocycles. The van der Waals surface area contributed by atoms with Crippen LogP contribution >= 0.6 is 0 Å². The van der Waals surface area contributed by atoms with Crippen LogP contribution in [0.3, 0.4) is 0 Å². The van der Waals surface area contributed by atoms with Crippen LogP contribution in [-0.2, 0) is 12.8 Å². The third-order valence-corrected chi connectivity index (χ3v) is 2.38. The van der Waals surface area contributed by atoms with Gasteiger partial charge in [-0.3, -0.25) is 0 Å². The minimum absolute atomic E-state index is 0.169. The standard InChI is InChI=1S/C12H18F3N3/c1-3-7-16-11-8-9(4-2)17-10(18-11)5-6-12(13,14)15/h8H,3-7H2,1-2H3,(H,16,17,18). The van der Waals surface area contributed by atoms with Crippen LogP contribution in [0.5, 0.6) is 0 Å². The van der Waals surface area contributed by atoms with Crippen molar-refractivity contribution in [1.29, 1.82) is 0 Å². The zero-order valence-electron chi connectivity index (χ0n) is 10.6. The number of aryl methyl sites for hydroxylation is 2. The summed E-state index contributed by atoms with van der Waals surface area (Å²) in [7, 11) is 0. The second-order valence-corrected chi connectivity index (χ2v) is 4.06. The average Bonchev–Trinajstić information content (AvgIpc) is 2.32. The molecule has 0 radical (unpaired) electrons. The van der Waals surface area contributed by atoms with E-state index in [2.05, 4.69) is 15.3 Å². The van der Waals surface area contributed by atoms with Crippen molar-refractivity contribution in [3.05, 3.63) is 17.6 Å². The zero-order valence-corrected chi connectivity index (χ0v) is 10.6. The van der Waals surface area contributed by atoms with Gasteiger partial charge in [0.2, 0.25) is 0 Å². The number of rotatable bonds is 6. The third kappa shape index (κ3) is 5.33. The molecule has 0 bridgehead atoms. The van der Waals surface area contributed by atoms with Crippen LogP contribution in [0.25, 0.3) is 0 Å². The van der Waals surface area contributed by atoms with E-state index < -0.39 is 12.6 Å². The van der Waals surface area contributed by atoms with Crippen LogP contribution < -0.4 is 5.32 Å². The van der Waals surface area contributed by atoms with Crippen molar-refractivity contribution in [3.8, 4) is 0 Å². The summed E-state index contributed by atoms with van der Waals surface area (Å²) in [5.41, 5.74) is 0.765. The molecule has 0 aliphatic rings. The molecule has 102 valence electrons. The highest BCUT2D eigenvalue weighted by Gasteiger charge is 2.27. The summed E-state index contributed by atoms with van der Waals surface area (Å²) < 4.78 is 36.5. The molecule has 6 heteroatoms. The van der Waals surface area contributed by atoms with Crippen LogP contribution in [0.1, 0.15) is 38.2 Å². The lowest BCUT2D eigenvalue weighted by atomic mass is 10.2. The maximum atomic E-state index is 12.2. The fourth-order valence-corrected chi connectivity index (χ4v) is 1.44. The van der Waals surface area contributed by atoms with Gasteiger partial charge >= 0.3 is 6.18 Å². The van der Waals surface area contributed by atoms with Crippen LogP contribution in [-0.4, -0.2) is 22.7 Å². The number of aromatic nitrogens is 2. The quantitative estimate of drug-likeness (QED) is 0.853. The van der Waals surface area contributed by atoms with Gasteiger partial charge in [0, 0.05) is 24.7 Å². The van der Waals surface area contributed by atoms with Crippen molar-refractivity contribution in [3.63, 3.8) is 0 Å². The molecule has 1 rings (SSSR count). The molecule has 0 amide bonds. The van der Waals surface area contributed by atoms with E-state index in [4.69, 9.17) is 0 Å². The van der Waals surface area contributed by atoms with E-state index in [9.17, 15) is 13.2 Å². The van der Waals surface area contributed by atoms with Gasteiger partial charge in [-0.1, -0.05) is 13.8 Å². The van der Waals surface area contributed by atoms with Crippen LogP contribution in [0.2, 0.25) is 0 Å². The van der Waals surface area contributed by atoms with Gasteiger partial charge in [0.15, 0.2) is 0 Å². The lowest BCUT2D eigenvalue weighted by molar-refractivity contribution is -0.134. The first-order valence-electron chi connectivity index (χ1n) is 6.12.